The van der Waals surface area contributed by atoms with E-state index in [0.29, 0.717) is 45.1 Å². The number of imidazole rings is 1. The van der Waals surface area contributed by atoms with Crippen molar-refractivity contribution in [3.8, 4) is 27.4 Å². The predicted molar refractivity (Wildman–Crippen MR) is 145 cm³/mol. The molecule has 1 aromatic carbocycles. The molecule has 0 fully saturated rings. The molecule has 38 heavy (non-hydrogen) atoms. The van der Waals surface area contributed by atoms with E-state index >= 15 is 0 Å². The number of H-pyrrole nitrogens is 1. The van der Waals surface area contributed by atoms with Gasteiger partial charge in [-0.15, -0.1) is 16.4 Å². The summed E-state index contributed by atoms with van der Waals surface area (Å²) in [4.78, 5) is 36.6. The lowest BCUT2D eigenvalue weighted by atomic mass is 10.0. The topological polar surface area (TPSA) is 115 Å². The summed E-state index contributed by atoms with van der Waals surface area (Å²) in [6, 6.07) is 12.3. The minimum atomic E-state index is -0.293. The van der Waals surface area contributed by atoms with Gasteiger partial charge in [0.2, 0.25) is 0 Å². The van der Waals surface area contributed by atoms with Crippen molar-refractivity contribution in [1.29, 1.82) is 0 Å². The Bertz CT molecular complexity index is 1740. The van der Waals surface area contributed by atoms with Gasteiger partial charge in [0, 0.05) is 36.4 Å². The van der Waals surface area contributed by atoms with E-state index in [0.717, 1.165) is 21.7 Å². The van der Waals surface area contributed by atoms with Crippen LogP contribution in [0.1, 0.15) is 33.7 Å². The Morgan fingerprint density at radius 3 is 2.76 bits per heavy atom. The molecule has 0 bridgehead atoms. The van der Waals surface area contributed by atoms with Crippen LogP contribution in [-0.2, 0) is 6.42 Å². The van der Waals surface area contributed by atoms with Crippen molar-refractivity contribution in [2.75, 3.05) is 14.1 Å². The van der Waals surface area contributed by atoms with E-state index in [4.69, 9.17) is 28.2 Å². The number of benzene rings is 1. The first kappa shape index (κ1) is 24.5. The molecule has 0 saturated carbocycles. The van der Waals surface area contributed by atoms with E-state index < -0.39 is 0 Å². The number of rotatable bonds is 5. The number of fused-ring (bicyclic) bond motifs is 1. The number of pyridine rings is 1. The fourth-order valence-electron chi connectivity index (χ4n) is 4.71. The number of nitrogens with zero attached hydrogens (tertiary/aromatic N) is 7. The van der Waals surface area contributed by atoms with Gasteiger partial charge in [-0.3, -0.25) is 9.59 Å². The first-order valence-corrected chi connectivity index (χ1v) is 13.2. The number of amides is 1. The monoisotopic (exact) mass is 566 g/mol. The fourth-order valence-corrected chi connectivity index (χ4v) is 6.20. The zero-order valence-corrected chi connectivity index (χ0v) is 22.5. The highest BCUT2D eigenvalue weighted by atomic mass is 35.5. The fraction of sp³-hybridized carbons (Fsp3) is 0.200. The zero-order valence-electron chi connectivity index (χ0n) is 20.2. The van der Waals surface area contributed by atoms with E-state index in [1.807, 2.05) is 18.2 Å². The number of aromatic amines is 1. The minimum Gasteiger partial charge on any atom is -0.344 e. The van der Waals surface area contributed by atoms with Crippen LogP contribution in [0.5, 0.6) is 0 Å². The van der Waals surface area contributed by atoms with E-state index in [9.17, 15) is 9.59 Å². The number of thiophene rings is 1. The van der Waals surface area contributed by atoms with E-state index in [2.05, 4.69) is 20.5 Å². The molecule has 0 radical (unpaired) electrons. The quantitative estimate of drug-likeness (QED) is 0.335. The first-order valence-electron chi connectivity index (χ1n) is 11.7. The van der Waals surface area contributed by atoms with Gasteiger partial charge >= 0.3 is 0 Å². The maximum atomic E-state index is 13.4. The SMILES string of the molecule is CN(C)C(=O)c1ccc(-c2nc([C@@H]3CCc4cc(-c5cc(Cl)ccc5-n5cnnn5)cc(=O)n43)[nH]c2Cl)s1. The predicted octanol–water partition coefficient (Wildman–Crippen LogP) is 4.49. The maximum Gasteiger partial charge on any atom is 0.263 e. The highest BCUT2D eigenvalue weighted by Crippen LogP contribution is 2.37. The van der Waals surface area contributed by atoms with Gasteiger partial charge in [-0.2, -0.15) is 4.68 Å². The summed E-state index contributed by atoms with van der Waals surface area (Å²) in [5.41, 5.74) is 3.47. The molecule has 1 amide bonds. The lowest BCUT2D eigenvalue weighted by Gasteiger charge is -2.14. The van der Waals surface area contributed by atoms with Gasteiger partial charge in [-0.1, -0.05) is 23.2 Å². The minimum absolute atomic E-state index is 0.0804. The summed E-state index contributed by atoms with van der Waals surface area (Å²) in [6.45, 7) is 0. The number of aromatic nitrogens is 7. The molecule has 192 valence electrons. The smallest absolute Gasteiger partial charge is 0.263 e. The summed E-state index contributed by atoms with van der Waals surface area (Å²) in [5, 5.41) is 12.3. The molecule has 10 nitrogen and oxygen atoms in total. The van der Waals surface area contributed by atoms with Crippen LogP contribution in [-0.4, -0.2) is 59.6 Å². The number of tetrazole rings is 1. The van der Waals surface area contributed by atoms with Gasteiger partial charge in [0.1, 0.15) is 23.0 Å². The largest absolute Gasteiger partial charge is 0.344 e. The average molecular weight is 567 g/mol. The maximum absolute atomic E-state index is 13.4. The van der Waals surface area contributed by atoms with Crippen molar-refractivity contribution in [3.63, 3.8) is 0 Å². The van der Waals surface area contributed by atoms with Gasteiger partial charge in [-0.25, -0.2) is 4.98 Å². The Morgan fingerprint density at radius 2 is 2.00 bits per heavy atom. The van der Waals surface area contributed by atoms with Gasteiger partial charge in [0.15, 0.2) is 0 Å². The molecule has 0 aliphatic carbocycles. The van der Waals surface area contributed by atoms with Crippen LogP contribution >= 0.6 is 34.5 Å². The van der Waals surface area contributed by atoms with Crippen molar-refractivity contribution in [1.82, 2.24) is 39.6 Å². The van der Waals surface area contributed by atoms with Crippen LogP contribution in [0, 0.1) is 0 Å². The Hall–Kier alpha value is -3.80. The molecule has 0 saturated heterocycles. The summed E-state index contributed by atoms with van der Waals surface area (Å²) in [6.07, 6.45) is 2.86. The van der Waals surface area contributed by atoms with Crippen molar-refractivity contribution in [2.45, 2.75) is 18.9 Å². The van der Waals surface area contributed by atoms with Gasteiger partial charge in [0.05, 0.1) is 21.5 Å². The van der Waals surface area contributed by atoms with Crippen LogP contribution in [0.3, 0.4) is 0 Å². The van der Waals surface area contributed by atoms with Gasteiger partial charge < -0.3 is 14.5 Å². The third kappa shape index (κ3) is 4.22. The van der Waals surface area contributed by atoms with Crippen LogP contribution in [0.4, 0.5) is 0 Å². The molecule has 0 unspecified atom stereocenters. The second-order valence-electron chi connectivity index (χ2n) is 9.06. The number of halogens is 2. The Labute approximate surface area is 230 Å². The van der Waals surface area contributed by atoms with Gasteiger partial charge in [0.25, 0.3) is 11.5 Å². The summed E-state index contributed by atoms with van der Waals surface area (Å²) >= 11 is 14.2. The molecule has 0 spiro atoms. The molecule has 1 aliphatic rings. The van der Waals surface area contributed by atoms with Crippen LogP contribution < -0.4 is 5.56 Å². The molecule has 1 aliphatic heterocycles. The molecule has 5 aromatic rings. The molecule has 1 atom stereocenters. The van der Waals surface area contributed by atoms with Crippen molar-refractivity contribution < 1.29 is 4.79 Å². The molecule has 4 aromatic heterocycles. The lowest BCUT2D eigenvalue weighted by Crippen LogP contribution is -2.23. The number of carbonyl (C=O) groups is 1. The third-order valence-electron chi connectivity index (χ3n) is 6.45. The molecule has 13 heteroatoms. The zero-order chi connectivity index (χ0) is 26.6. The molecular formula is C25H20Cl2N8O2S. The van der Waals surface area contributed by atoms with Crippen LogP contribution in [0.25, 0.3) is 27.4 Å². The number of hydrogen-bond acceptors (Lipinski definition) is 7. The second kappa shape index (κ2) is 9.50. The molecule has 6 rings (SSSR count). The van der Waals surface area contributed by atoms with Crippen LogP contribution in [0.15, 0.2) is 53.6 Å². The van der Waals surface area contributed by atoms with E-state index in [1.165, 1.54) is 27.2 Å². The first-order chi connectivity index (χ1) is 18.3. The summed E-state index contributed by atoms with van der Waals surface area (Å²) < 4.78 is 3.28. The van der Waals surface area contributed by atoms with Crippen molar-refractivity contribution >= 4 is 40.4 Å². The summed E-state index contributed by atoms with van der Waals surface area (Å²) in [7, 11) is 3.42. The number of carbonyl (C=O) groups excluding carboxylic acids is 1. The van der Waals surface area contributed by atoms with Crippen molar-refractivity contribution in [2.24, 2.45) is 0 Å². The highest BCUT2D eigenvalue weighted by Gasteiger charge is 2.29. The molecule has 5 heterocycles. The van der Waals surface area contributed by atoms with E-state index in [1.54, 1.807) is 42.9 Å². The summed E-state index contributed by atoms with van der Waals surface area (Å²) in [5.74, 6) is 0.521. The standard InChI is InChI=1S/C25H20Cl2N8O2S/c1-33(2)25(37)20-8-7-19(38-20)22-23(27)30-24(29-22)18-6-4-15-9-13(10-21(36)35(15)18)16-11-14(26)3-5-17(16)34-12-28-31-32-34/h3,5,7-12,18H,4,6H2,1-2H3,(H,29,30)/t18-/m0/s1. The Balaban J connectivity index is 1.36. The molecule has 1 N–H and O–H groups in total. The Kier molecular flexibility index (Phi) is 6.13. The number of hydrogen-bond donors (Lipinski definition) is 1. The highest BCUT2D eigenvalue weighted by molar-refractivity contribution is 7.17. The van der Waals surface area contributed by atoms with Crippen LogP contribution in [0.2, 0.25) is 10.2 Å². The third-order valence-corrected chi connectivity index (χ3v) is 8.04. The van der Waals surface area contributed by atoms with E-state index in [-0.39, 0.29) is 17.5 Å². The van der Waals surface area contributed by atoms with Crippen molar-refractivity contribution in [3.05, 3.63) is 85.7 Å². The number of aryl methyl sites for hydroxylation is 1. The van der Waals surface area contributed by atoms with Gasteiger partial charge in [-0.05, 0) is 65.2 Å². The lowest BCUT2D eigenvalue weighted by molar-refractivity contribution is 0.0832. The molecular weight excluding hydrogens is 547 g/mol. The Morgan fingerprint density at radius 1 is 1.16 bits per heavy atom. The normalized spacial score (nSPS) is 14.6. The average Bonchev–Trinajstić information content (AvgIpc) is 3.69. The number of nitrogens with one attached hydrogen (secondary N) is 1. The second-order valence-corrected chi connectivity index (χ2v) is 11.0.